The fourth-order valence-electron chi connectivity index (χ4n) is 3.59. The monoisotopic (exact) mass is 494 g/mol. The molecule has 4 rings (SSSR count). The molecule has 0 bridgehead atoms. The number of amides is 1. The first-order chi connectivity index (χ1) is 16.4. The normalized spacial score (nSPS) is 14.9. The van der Waals surface area contributed by atoms with Gasteiger partial charge in [0.05, 0.1) is 24.1 Å². The third-order valence-electron chi connectivity index (χ3n) is 5.48. The third-order valence-corrected chi connectivity index (χ3v) is 6.85. The largest absolute Gasteiger partial charge is 0.497 e. The molecule has 1 aliphatic rings. The Morgan fingerprint density at radius 1 is 1.18 bits per heavy atom. The van der Waals surface area contributed by atoms with Gasteiger partial charge in [0.15, 0.2) is 0 Å². The topological polar surface area (TPSA) is 75.9 Å². The van der Waals surface area contributed by atoms with Crippen LogP contribution in [0, 0.1) is 6.92 Å². The van der Waals surface area contributed by atoms with Gasteiger partial charge in [-0.05, 0) is 48.7 Å². The number of fused-ring (bicyclic) bond motifs is 1. The first-order valence-corrected chi connectivity index (χ1v) is 12.3. The molecule has 176 valence electrons. The van der Waals surface area contributed by atoms with Gasteiger partial charge in [0.2, 0.25) is 0 Å². The first kappa shape index (κ1) is 24.0. The highest BCUT2D eigenvalue weighted by Gasteiger charge is 2.32. The number of anilines is 1. The van der Waals surface area contributed by atoms with Crippen molar-refractivity contribution in [2.45, 2.75) is 33.2 Å². The second-order valence-electron chi connectivity index (χ2n) is 8.01. The number of aryl methyl sites for hydroxylation is 1. The number of benzene rings is 1. The van der Waals surface area contributed by atoms with E-state index in [1.54, 1.807) is 24.3 Å². The number of carbonyl (C=O) groups excluding carboxylic acids is 1. The van der Waals surface area contributed by atoms with Gasteiger partial charge >= 0.3 is 0 Å². The lowest BCUT2D eigenvalue weighted by atomic mass is 10.2. The molecule has 1 fully saturated rings. The summed E-state index contributed by atoms with van der Waals surface area (Å²) in [6.45, 7) is 5.05. The van der Waals surface area contributed by atoms with E-state index in [1.807, 2.05) is 43.3 Å². The van der Waals surface area contributed by atoms with Crippen LogP contribution in [0.25, 0.3) is 11.7 Å². The Bertz CT molecular complexity index is 1330. The fraction of sp³-hybridized carbons (Fsp3) is 0.280. The number of pyridine rings is 1. The number of thioether (sulfide) groups is 1. The second-order valence-corrected chi connectivity index (χ2v) is 9.69. The molecule has 7 nitrogen and oxygen atoms in total. The van der Waals surface area contributed by atoms with E-state index in [4.69, 9.17) is 17.0 Å². The van der Waals surface area contributed by atoms with Crippen LogP contribution in [-0.2, 0) is 11.3 Å². The maximum absolute atomic E-state index is 13.4. The molecule has 1 N–H and O–H groups in total. The number of carbonyl (C=O) groups is 1. The zero-order chi connectivity index (χ0) is 24.2. The number of unbranched alkanes of at least 4 members (excludes halogenated alkanes) is 1. The van der Waals surface area contributed by atoms with Crippen molar-refractivity contribution in [3.8, 4) is 5.75 Å². The standard InChI is InChI=1S/C25H26N4O3S2/c1-4-5-12-26-22-19(23(30)28-14-16(2)6-11-21(28)27-22)13-20-24(31)29(25(33)34-20)15-17-7-9-18(32-3)10-8-17/h6-11,13-14,26H,4-5,12,15H2,1-3H3/b20-13+. The molecule has 0 aliphatic carbocycles. The number of ether oxygens (including phenoxy) is 1. The summed E-state index contributed by atoms with van der Waals surface area (Å²) in [5.41, 5.74) is 2.55. The molecule has 0 unspecified atom stereocenters. The van der Waals surface area contributed by atoms with Crippen LogP contribution in [0.2, 0.25) is 0 Å². The highest BCUT2D eigenvalue weighted by atomic mass is 32.2. The smallest absolute Gasteiger partial charge is 0.267 e. The Hall–Kier alpha value is -3.17. The Morgan fingerprint density at radius 3 is 2.65 bits per heavy atom. The number of nitrogens with one attached hydrogen (secondary N) is 1. The van der Waals surface area contributed by atoms with Crippen molar-refractivity contribution in [3.05, 3.63) is 74.5 Å². The number of methoxy groups -OCH3 is 1. The molecule has 0 saturated carbocycles. The van der Waals surface area contributed by atoms with E-state index in [-0.39, 0.29) is 11.5 Å². The number of hydrogen-bond donors (Lipinski definition) is 1. The number of aromatic nitrogens is 2. The lowest BCUT2D eigenvalue weighted by molar-refractivity contribution is -0.122. The predicted molar refractivity (Wildman–Crippen MR) is 141 cm³/mol. The van der Waals surface area contributed by atoms with Crippen LogP contribution in [0.3, 0.4) is 0 Å². The van der Waals surface area contributed by atoms with Crippen molar-refractivity contribution < 1.29 is 9.53 Å². The van der Waals surface area contributed by atoms with Crippen molar-refractivity contribution in [2.24, 2.45) is 0 Å². The van der Waals surface area contributed by atoms with Gasteiger partial charge in [-0.2, -0.15) is 0 Å². The second kappa shape index (κ2) is 10.4. The summed E-state index contributed by atoms with van der Waals surface area (Å²) in [5, 5.41) is 3.28. The molecule has 9 heteroatoms. The summed E-state index contributed by atoms with van der Waals surface area (Å²) in [6.07, 6.45) is 5.33. The Kier molecular flexibility index (Phi) is 7.33. The maximum Gasteiger partial charge on any atom is 0.267 e. The van der Waals surface area contributed by atoms with Crippen LogP contribution in [0.4, 0.5) is 5.82 Å². The highest BCUT2D eigenvalue weighted by Crippen LogP contribution is 2.34. The van der Waals surface area contributed by atoms with Crippen LogP contribution in [0.15, 0.2) is 52.3 Å². The van der Waals surface area contributed by atoms with Crippen molar-refractivity contribution in [3.63, 3.8) is 0 Å². The summed E-state index contributed by atoms with van der Waals surface area (Å²) in [5.74, 6) is 0.999. The number of nitrogens with zero attached hydrogens (tertiary/aromatic N) is 3. The Balaban J connectivity index is 1.69. The molecule has 0 atom stereocenters. The minimum absolute atomic E-state index is 0.223. The lowest BCUT2D eigenvalue weighted by Gasteiger charge is -2.14. The molecule has 0 radical (unpaired) electrons. The summed E-state index contributed by atoms with van der Waals surface area (Å²) in [7, 11) is 1.61. The van der Waals surface area contributed by atoms with Gasteiger partial charge in [0.25, 0.3) is 11.5 Å². The van der Waals surface area contributed by atoms with Crippen LogP contribution < -0.4 is 15.6 Å². The molecule has 2 aromatic heterocycles. The molecule has 1 saturated heterocycles. The minimum Gasteiger partial charge on any atom is -0.497 e. The molecule has 1 amide bonds. The first-order valence-electron chi connectivity index (χ1n) is 11.1. The summed E-state index contributed by atoms with van der Waals surface area (Å²) in [4.78, 5) is 33.2. The molecular formula is C25H26N4O3S2. The van der Waals surface area contributed by atoms with E-state index in [9.17, 15) is 9.59 Å². The van der Waals surface area contributed by atoms with E-state index in [2.05, 4.69) is 17.2 Å². The van der Waals surface area contributed by atoms with Crippen LogP contribution in [0.1, 0.15) is 36.5 Å². The minimum atomic E-state index is -0.229. The zero-order valence-electron chi connectivity index (χ0n) is 19.3. The summed E-state index contributed by atoms with van der Waals surface area (Å²) in [6, 6.07) is 11.2. The van der Waals surface area contributed by atoms with Gasteiger partial charge in [-0.25, -0.2) is 4.98 Å². The summed E-state index contributed by atoms with van der Waals surface area (Å²) >= 11 is 6.69. The average Bonchev–Trinajstić information content (AvgIpc) is 3.10. The molecule has 0 spiro atoms. The van der Waals surface area contributed by atoms with Crippen LogP contribution >= 0.6 is 24.0 Å². The fourth-order valence-corrected chi connectivity index (χ4v) is 4.82. The van der Waals surface area contributed by atoms with Crippen molar-refractivity contribution in [1.82, 2.24) is 14.3 Å². The summed E-state index contributed by atoms with van der Waals surface area (Å²) < 4.78 is 7.17. The number of thiocarbonyl (C=S) groups is 1. The number of hydrogen-bond acceptors (Lipinski definition) is 7. The van der Waals surface area contributed by atoms with E-state index in [0.717, 1.165) is 29.7 Å². The van der Waals surface area contributed by atoms with Crippen molar-refractivity contribution in [2.75, 3.05) is 19.0 Å². The van der Waals surface area contributed by atoms with E-state index in [0.29, 0.717) is 39.3 Å². The molecule has 3 aromatic rings. The molecule has 3 heterocycles. The van der Waals surface area contributed by atoms with Gasteiger partial charge in [-0.1, -0.05) is 55.5 Å². The lowest BCUT2D eigenvalue weighted by Crippen LogP contribution is -2.27. The number of rotatable bonds is 8. The third kappa shape index (κ3) is 5.00. The Morgan fingerprint density at radius 2 is 1.94 bits per heavy atom. The van der Waals surface area contributed by atoms with Gasteiger partial charge in [-0.3, -0.25) is 18.9 Å². The SMILES string of the molecule is CCCCNc1nc2ccc(C)cn2c(=O)c1/C=C1/SC(=S)N(Cc2ccc(OC)cc2)C1=O. The van der Waals surface area contributed by atoms with E-state index < -0.39 is 0 Å². The Labute approximate surface area is 207 Å². The van der Waals surface area contributed by atoms with Crippen LogP contribution in [0.5, 0.6) is 5.75 Å². The molecule has 1 aromatic carbocycles. The zero-order valence-corrected chi connectivity index (χ0v) is 21.0. The van der Waals surface area contributed by atoms with Crippen molar-refractivity contribution in [1.29, 1.82) is 0 Å². The van der Waals surface area contributed by atoms with E-state index >= 15 is 0 Å². The van der Waals surface area contributed by atoms with Gasteiger partial charge in [0.1, 0.15) is 21.5 Å². The maximum atomic E-state index is 13.4. The quantitative estimate of drug-likeness (QED) is 0.278. The van der Waals surface area contributed by atoms with E-state index in [1.165, 1.54) is 16.2 Å². The van der Waals surface area contributed by atoms with Crippen molar-refractivity contribution >= 4 is 51.7 Å². The highest BCUT2D eigenvalue weighted by molar-refractivity contribution is 8.26. The average molecular weight is 495 g/mol. The van der Waals surface area contributed by atoms with Crippen LogP contribution in [-0.4, -0.2) is 38.2 Å². The molecule has 1 aliphatic heterocycles. The molecule has 34 heavy (non-hydrogen) atoms. The van der Waals surface area contributed by atoms with Gasteiger partial charge in [0, 0.05) is 12.7 Å². The van der Waals surface area contributed by atoms with Gasteiger partial charge in [-0.15, -0.1) is 0 Å². The molecular weight excluding hydrogens is 468 g/mol. The van der Waals surface area contributed by atoms with Gasteiger partial charge < -0.3 is 10.1 Å². The predicted octanol–water partition coefficient (Wildman–Crippen LogP) is 4.62.